The number of ketones is 1. The van der Waals surface area contributed by atoms with Crippen molar-refractivity contribution in [3.63, 3.8) is 0 Å². The minimum Gasteiger partial charge on any atom is -0.294 e. The number of halogens is 3. The molecule has 0 radical (unpaired) electrons. The van der Waals surface area contributed by atoms with Crippen LogP contribution in [0.5, 0.6) is 0 Å². The Labute approximate surface area is 134 Å². The summed E-state index contributed by atoms with van der Waals surface area (Å²) in [4.78, 5) is 16.4. The van der Waals surface area contributed by atoms with E-state index >= 15 is 0 Å². The maximum Gasteiger partial charge on any atom is 0.416 e. The molecule has 6 heteroatoms. The van der Waals surface area contributed by atoms with Crippen LogP contribution in [0.3, 0.4) is 0 Å². The summed E-state index contributed by atoms with van der Waals surface area (Å²) in [5.74, 6) is -0.0276. The molecule has 0 aliphatic heterocycles. The first-order chi connectivity index (χ1) is 10.9. The summed E-state index contributed by atoms with van der Waals surface area (Å²) in [7, 11) is 0. The van der Waals surface area contributed by atoms with Crippen molar-refractivity contribution in [2.24, 2.45) is 0 Å². The van der Waals surface area contributed by atoms with E-state index in [0.717, 1.165) is 22.3 Å². The monoisotopic (exact) mass is 335 g/mol. The number of hydrogen-bond acceptors (Lipinski definition) is 3. The maximum absolute atomic E-state index is 12.5. The second-order valence-corrected chi connectivity index (χ2v) is 6.04. The summed E-state index contributed by atoms with van der Waals surface area (Å²) in [6.07, 6.45) is -3.66. The first kappa shape index (κ1) is 15.7. The summed E-state index contributed by atoms with van der Waals surface area (Å²) in [6, 6.07) is 10.3. The number of thiazole rings is 1. The van der Waals surface area contributed by atoms with Crippen molar-refractivity contribution in [2.75, 3.05) is 0 Å². The molecule has 0 aliphatic carbocycles. The van der Waals surface area contributed by atoms with Crippen LogP contribution in [-0.4, -0.2) is 10.8 Å². The fourth-order valence-electron chi connectivity index (χ4n) is 2.29. The van der Waals surface area contributed by atoms with Gasteiger partial charge in [-0.05, 0) is 42.3 Å². The SMILES string of the molecule is O=C(CCc1ccc(C(F)(F)F)cc1)c1ccc2ncsc2c1. The highest BCUT2D eigenvalue weighted by Crippen LogP contribution is 2.29. The third kappa shape index (κ3) is 3.59. The zero-order chi connectivity index (χ0) is 16.4. The van der Waals surface area contributed by atoms with Crippen molar-refractivity contribution in [1.29, 1.82) is 0 Å². The predicted octanol–water partition coefficient (Wildman–Crippen LogP) is 5.13. The smallest absolute Gasteiger partial charge is 0.294 e. The molecular formula is C17H12F3NOS. The van der Waals surface area contributed by atoms with Gasteiger partial charge in [0.05, 0.1) is 21.3 Å². The summed E-state index contributed by atoms with van der Waals surface area (Å²) in [6.45, 7) is 0. The quantitative estimate of drug-likeness (QED) is 0.619. The molecule has 118 valence electrons. The van der Waals surface area contributed by atoms with Crippen molar-refractivity contribution in [1.82, 2.24) is 4.98 Å². The van der Waals surface area contributed by atoms with Crippen molar-refractivity contribution in [2.45, 2.75) is 19.0 Å². The highest BCUT2D eigenvalue weighted by atomic mass is 32.1. The van der Waals surface area contributed by atoms with Gasteiger partial charge in [-0.15, -0.1) is 11.3 Å². The molecule has 2 aromatic carbocycles. The van der Waals surface area contributed by atoms with Gasteiger partial charge in [0.15, 0.2) is 5.78 Å². The molecule has 0 unspecified atom stereocenters. The fourth-order valence-corrected chi connectivity index (χ4v) is 3.01. The number of alkyl halides is 3. The normalized spacial score (nSPS) is 11.8. The van der Waals surface area contributed by atoms with Gasteiger partial charge in [-0.3, -0.25) is 4.79 Å². The van der Waals surface area contributed by atoms with Gasteiger partial charge < -0.3 is 0 Å². The van der Waals surface area contributed by atoms with Gasteiger partial charge in [-0.2, -0.15) is 13.2 Å². The molecule has 0 bridgehead atoms. The van der Waals surface area contributed by atoms with Gasteiger partial charge in [0.2, 0.25) is 0 Å². The van der Waals surface area contributed by atoms with Gasteiger partial charge >= 0.3 is 6.18 Å². The largest absolute Gasteiger partial charge is 0.416 e. The van der Waals surface area contributed by atoms with Crippen LogP contribution in [-0.2, 0) is 12.6 Å². The van der Waals surface area contributed by atoms with E-state index in [1.807, 2.05) is 6.07 Å². The Hall–Kier alpha value is -2.21. The van der Waals surface area contributed by atoms with Gasteiger partial charge in [-0.25, -0.2) is 4.98 Å². The highest BCUT2D eigenvalue weighted by molar-refractivity contribution is 7.16. The molecule has 0 saturated carbocycles. The molecule has 0 saturated heterocycles. The molecule has 3 rings (SSSR count). The fraction of sp³-hybridized carbons (Fsp3) is 0.176. The lowest BCUT2D eigenvalue weighted by Crippen LogP contribution is -2.05. The van der Waals surface area contributed by atoms with Crippen LogP contribution in [0.4, 0.5) is 13.2 Å². The zero-order valence-electron chi connectivity index (χ0n) is 11.9. The molecule has 0 N–H and O–H groups in total. The van der Waals surface area contributed by atoms with Crippen LogP contribution in [0, 0.1) is 0 Å². The molecule has 3 aromatic rings. The van der Waals surface area contributed by atoms with E-state index < -0.39 is 11.7 Å². The van der Waals surface area contributed by atoms with Gasteiger partial charge in [0, 0.05) is 12.0 Å². The number of hydrogen-bond donors (Lipinski definition) is 0. The molecule has 0 atom stereocenters. The Morgan fingerprint density at radius 3 is 2.52 bits per heavy atom. The molecule has 2 nitrogen and oxygen atoms in total. The van der Waals surface area contributed by atoms with Crippen LogP contribution in [0.1, 0.15) is 27.9 Å². The topological polar surface area (TPSA) is 30.0 Å². The van der Waals surface area contributed by atoms with Crippen molar-refractivity contribution in [3.8, 4) is 0 Å². The average molecular weight is 335 g/mol. The second kappa shape index (κ2) is 6.12. The summed E-state index contributed by atoms with van der Waals surface area (Å²) in [5, 5.41) is 0. The van der Waals surface area contributed by atoms with Crippen molar-refractivity contribution < 1.29 is 18.0 Å². The Morgan fingerprint density at radius 2 is 1.83 bits per heavy atom. The molecular weight excluding hydrogens is 323 g/mol. The standard InChI is InChI=1S/C17H12F3NOS/c18-17(19,20)13-5-1-11(2-6-13)3-8-15(22)12-4-7-14-16(9-12)23-10-21-14/h1-2,4-7,9-10H,3,8H2. The number of aromatic nitrogens is 1. The predicted molar refractivity (Wildman–Crippen MR) is 83.7 cm³/mol. The number of rotatable bonds is 4. The first-order valence-electron chi connectivity index (χ1n) is 6.96. The Balaban J connectivity index is 1.66. The van der Waals surface area contributed by atoms with E-state index in [-0.39, 0.29) is 12.2 Å². The van der Waals surface area contributed by atoms with E-state index in [0.29, 0.717) is 17.5 Å². The molecule has 1 aromatic heterocycles. The lowest BCUT2D eigenvalue weighted by molar-refractivity contribution is -0.137. The lowest BCUT2D eigenvalue weighted by Gasteiger charge is -2.07. The molecule has 0 fully saturated rings. The van der Waals surface area contributed by atoms with Crippen LogP contribution < -0.4 is 0 Å². The van der Waals surface area contributed by atoms with E-state index in [2.05, 4.69) is 4.98 Å². The van der Waals surface area contributed by atoms with Gasteiger partial charge in [0.1, 0.15) is 0 Å². The molecule has 0 amide bonds. The number of carbonyl (C=O) groups excluding carboxylic acids is 1. The highest BCUT2D eigenvalue weighted by Gasteiger charge is 2.29. The lowest BCUT2D eigenvalue weighted by atomic mass is 10.0. The summed E-state index contributed by atoms with van der Waals surface area (Å²) >= 11 is 1.47. The average Bonchev–Trinajstić information content (AvgIpc) is 2.99. The Kier molecular flexibility index (Phi) is 4.17. The number of Topliss-reactive ketones (excluding diaryl/α,β-unsaturated/α-hetero) is 1. The van der Waals surface area contributed by atoms with E-state index in [1.165, 1.54) is 23.5 Å². The van der Waals surface area contributed by atoms with Crippen LogP contribution >= 0.6 is 11.3 Å². The molecule has 1 heterocycles. The minimum absolute atomic E-state index is 0.0276. The van der Waals surface area contributed by atoms with Gasteiger partial charge in [0.25, 0.3) is 0 Å². The maximum atomic E-state index is 12.5. The number of carbonyl (C=O) groups is 1. The Morgan fingerprint density at radius 1 is 1.09 bits per heavy atom. The van der Waals surface area contributed by atoms with Gasteiger partial charge in [-0.1, -0.05) is 12.1 Å². The zero-order valence-corrected chi connectivity index (χ0v) is 12.7. The third-order valence-corrected chi connectivity index (χ3v) is 4.37. The van der Waals surface area contributed by atoms with E-state index in [4.69, 9.17) is 0 Å². The molecule has 23 heavy (non-hydrogen) atoms. The number of benzene rings is 2. The number of fused-ring (bicyclic) bond motifs is 1. The summed E-state index contributed by atoms with van der Waals surface area (Å²) < 4.78 is 38.4. The minimum atomic E-state index is -4.33. The number of nitrogens with zero attached hydrogens (tertiary/aromatic N) is 1. The van der Waals surface area contributed by atoms with Crippen molar-refractivity contribution >= 4 is 27.3 Å². The molecule has 0 spiro atoms. The van der Waals surface area contributed by atoms with E-state index in [9.17, 15) is 18.0 Å². The molecule has 0 aliphatic rings. The Bertz CT molecular complexity index is 837. The first-order valence-corrected chi connectivity index (χ1v) is 7.84. The third-order valence-electron chi connectivity index (χ3n) is 3.58. The number of aryl methyl sites for hydroxylation is 1. The second-order valence-electron chi connectivity index (χ2n) is 5.15. The van der Waals surface area contributed by atoms with Crippen LogP contribution in [0.25, 0.3) is 10.2 Å². The van der Waals surface area contributed by atoms with E-state index in [1.54, 1.807) is 17.6 Å². The van der Waals surface area contributed by atoms with Crippen molar-refractivity contribution in [3.05, 3.63) is 64.7 Å². The summed E-state index contributed by atoms with van der Waals surface area (Å²) in [5.41, 5.74) is 3.22. The van der Waals surface area contributed by atoms with Crippen LogP contribution in [0.2, 0.25) is 0 Å². The van der Waals surface area contributed by atoms with Crippen LogP contribution in [0.15, 0.2) is 48.0 Å².